The Kier molecular flexibility index (Phi) is 4.36. The van der Waals surface area contributed by atoms with Gasteiger partial charge >= 0.3 is 11.8 Å². The number of aromatic nitrogens is 5. The number of rotatable bonds is 4. The summed E-state index contributed by atoms with van der Waals surface area (Å²) < 4.78 is 17.7. The molecule has 1 aliphatic heterocycles. The molecule has 0 atom stereocenters. The number of anilines is 1. The Morgan fingerprint density at radius 3 is 2.70 bits per heavy atom. The molecule has 5 rings (SSSR count). The maximum atomic E-state index is 12.5. The molecule has 30 heavy (non-hydrogen) atoms. The molecule has 0 saturated heterocycles. The van der Waals surface area contributed by atoms with Gasteiger partial charge in [0.25, 0.3) is 0 Å². The minimum Gasteiger partial charge on any atom is -0.486 e. The van der Waals surface area contributed by atoms with Crippen LogP contribution in [0, 0.1) is 6.92 Å². The van der Waals surface area contributed by atoms with Crippen LogP contribution in [0.15, 0.2) is 53.2 Å². The summed E-state index contributed by atoms with van der Waals surface area (Å²) in [4.78, 5) is 16.6. The predicted octanol–water partition coefficient (Wildman–Crippen LogP) is 2.65. The van der Waals surface area contributed by atoms with Gasteiger partial charge in [-0.05, 0) is 31.2 Å². The van der Waals surface area contributed by atoms with Crippen molar-refractivity contribution in [3.63, 3.8) is 0 Å². The molecule has 10 heteroatoms. The summed E-state index contributed by atoms with van der Waals surface area (Å²) in [7, 11) is 0. The fourth-order valence-corrected chi connectivity index (χ4v) is 2.92. The number of hydrogen-bond acceptors (Lipinski definition) is 8. The lowest BCUT2D eigenvalue weighted by Crippen LogP contribution is -2.16. The van der Waals surface area contributed by atoms with E-state index in [2.05, 4.69) is 25.8 Å². The Labute approximate surface area is 170 Å². The first-order valence-electron chi connectivity index (χ1n) is 9.20. The maximum Gasteiger partial charge on any atom is 0.316 e. The summed E-state index contributed by atoms with van der Waals surface area (Å²) in [6.45, 7) is 2.96. The fraction of sp³-hybridized carbons (Fsp3) is 0.150. The van der Waals surface area contributed by atoms with E-state index in [9.17, 15) is 4.79 Å². The molecule has 10 nitrogen and oxygen atoms in total. The van der Waals surface area contributed by atoms with Crippen LogP contribution in [0.25, 0.3) is 17.2 Å². The maximum absolute atomic E-state index is 12.5. The van der Waals surface area contributed by atoms with Gasteiger partial charge < -0.3 is 19.3 Å². The van der Waals surface area contributed by atoms with E-state index in [-0.39, 0.29) is 11.7 Å². The van der Waals surface area contributed by atoms with Crippen molar-refractivity contribution in [2.24, 2.45) is 0 Å². The van der Waals surface area contributed by atoms with E-state index in [0.717, 1.165) is 11.3 Å². The number of amides is 1. The van der Waals surface area contributed by atoms with E-state index < -0.39 is 5.91 Å². The van der Waals surface area contributed by atoms with Crippen LogP contribution in [0.2, 0.25) is 0 Å². The second-order valence-electron chi connectivity index (χ2n) is 6.62. The molecule has 1 aliphatic rings. The van der Waals surface area contributed by atoms with Crippen LogP contribution in [-0.4, -0.2) is 44.3 Å². The van der Waals surface area contributed by atoms with Gasteiger partial charge in [-0.1, -0.05) is 28.1 Å². The van der Waals surface area contributed by atoms with Crippen LogP contribution in [0.4, 0.5) is 5.69 Å². The van der Waals surface area contributed by atoms with Crippen molar-refractivity contribution in [1.29, 1.82) is 0 Å². The predicted molar refractivity (Wildman–Crippen MR) is 105 cm³/mol. The van der Waals surface area contributed by atoms with Gasteiger partial charge in [0.2, 0.25) is 5.82 Å². The first-order chi connectivity index (χ1) is 14.7. The van der Waals surface area contributed by atoms with Crippen LogP contribution < -0.4 is 14.8 Å². The fourth-order valence-electron chi connectivity index (χ4n) is 2.92. The van der Waals surface area contributed by atoms with Gasteiger partial charge in [0, 0.05) is 11.8 Å². The van der Waals surface area contributed by atoms with Crippen molar-refractivity contribution >= 4 is 11.6 Å². The molecule has 0 spiro atoms. The zero-order valence-electron chi connectivity index (χ0n) is 15.9. The average molecular weight is 404 g/mol. The molecule has 0 fully saturated rings. The Morgan fingerprint density at radius 1 is 1.07 bits per heavy atom. The number of nitrogens with zero attached hydrogens (tertiary/aromatic N) is 5. The zero-order chi connectivity index (χ0) is 20.5. The average Bonchev–Trinajstić information content (AvgIpc) is 3.44. The molecule has 1 amide bonds. The number of nitrogens with one attached hydrogen (secondary N) is 1. The molecule has 4 aromatic rings. The van der Waals surface area contributed by atoms with Crippen LogP contribution in [0.5, 0.6) is 11.5 Å². The number of carbonyl (C=O) groups excluding carboxylic acids is 1. The topological polar surface area (TPSA) is 117 Å². The van der Waals surface area contributed by atoms with E-state index >= 15 is 0 Å². The highest BCUT2D eigenvalue weighted by Crippen LogP contribution is 2.32. The SMILES string of the molecule is Cc1ccc(-n2cc(-c3noc(C(=O)Nc4ccc5c(c4)OCCO5)n3)nn2)cc1. The molecule has 0 bridgehead atoms. The second kappa shape index (κ2) is 7.32. The molecule has 2 aromatic carbocycles. The molecule has 0 unspecified atom stereocenters. The molecule has 150 valence electrons. The van der Waals surface area contributed by atoms with Gasteiger partial charge in [-0.3, -0.25) is 4.79 Å². The third-order valence-corrected chi connectivity index (χ3v) is 4.44. The molecule has 3 heterocycles. The minimum absolute atomic E-state index is 0.167. The highest BCUT2D eigenvalue weighted by Gasteiger charge is 2.20. The van der Waals surface area contributed by atoms with Gasteiger partial charge in [-0.2, -0.15) is 4.98 Å². The summed E-state index contributed by atoms with van der Waals surface area (Å²) in [6.07, 6.45) is 1.66. The third-order valence-electron chi connectivity index (χ3n) is 4.44. The van der Waals surface area contributed by atoms with Crippen molar-refractivity contribution in [1.82, 2.24) is 25.1 Å². The largest absolute Gasteiger partial charge is 0.486 e. The monoisotopic (exact) mass is 404 g/mol. The van der Waals surface area contributed by atoms with Crippen LogP contribution in [-0.2, 0) is 0 Å². The zero-order valence-corrected chi connectivity index (χ0v) is 15.9. The second-order valence-corrected chi connectivity index (χ2v) is 6.62. The van der Waals surface area contributed by atoms with Gasteiger partial charge in [-0.15, -0.1) is 5.10 Å². The molecular formula is C20H16N6O4. The Hall–Kier alpha value is -4.21. The third kappa shape index (κ3) is 3.46. The number of fused-ring (bicyclic) bond motifs is 1. The van der Waals surface area contributed by atoms with Crippen molar-refractivity contribution in [3.8, 4) is 28.7 Å². The van der Waals surface area contributed by atoms with Crippen LogP contribution in [0.1, 0.15) is 16.2 Å². The lowest BCUT2D eigenvalue weighted by Gasteiger charge is -2.18. The van der Waals surface area contributed by atoms with Gasteiger partial charge in [0.1, 0.15) is 13.2 Å². The Bertz CT molecular complexity index is 1210. The van der Waals surface area contributed by atoms with Crippen molar-refractivity contribution < 1.29 is 18.8 Å². The number of ether oxygens (including phenoxy) is 2. The molecular weight excluding hydrogens is 388 g/mol. The van der Waals surface area contributed by atoms with E-state index in [0.29, 0.717) is 36.1 Å². The van der Waals surface area contributed by atoms with E-state index in [1.807, 2.05) is 31.2 Å². The van der Waals surface area contributed by atoms with Crippen LogP contribution >= 0.6 is 0 Å². The Morgan fingerprint density at radius 2 is 1.87 bits per heavy atom. The van der Waals surface area contributed by atoms with E-state index in [4.69, 9.17) is 14.0 Å². The van der Waals surface area contributed by atoms with Gasteiger partial charge in [0.05, 0.1) is 11.9 Å². The first kappa shape index (κ1) is 17.9. The van der Waals surface area contributed by atoms with E-state index in [1.165, 1.54) is 0 Å². The molecule has 0 saturated carbocycles. The molecule has 0 radical (unpaired) electrons. The molecule has 0 aliphatic carbocycles. The lowest BCUT2D eigenvalue weighted by molar-refractivity contribution is 0.0981. The Balaban J connectivity index is 1.32. The van der Waals surface area contributed by atoms with E-state index in [1.54, 1.807) is 29.1 Å². The first-order valence-corrected chi connectivity index (χ1v) is 9.20. The number of aryl methyl sites for hydroxylation is 1. The number of benzene rings is 2. The summed E-state index contributed by atoms with van der Waals surface area (Å²) in [5.74, 6) is 0.635. The van der Waals surface area contributed by atoms with Crippen molar-refractivity contribution in [2.75, 3.05) is 18.5 Å². The van der Waals surface area contributed by atoms with Crippen LogP contribution in [0.3, 0.4) is 0 Å². The quantitative estimate of drug-likeness (QED) is 0.552. The summed E-state index contributed by atoms with van der Waals surface area (Å²) in [5, 5.41) is 14.7. The smallest absolute Gasteiger partial charge is 0.316 e. The number of hydrogen-bond donors (Lipinski definition) is 1. The van der Waals surface area contributed by atoms with Gasteiger partial charge in [-0.25, -0.2) is 4.68 Å². The van der Waals surface area contributed by atoms with Crippen molar-refractivity contribution in [3.05, 3.63) is 60.1 Å². The number of carbonyl (C=O) groups is 1. The summed E-state index contributed by atoms with van der Waals surface area (Å²) >= 11 is 0. The lowest BCUT2D eigenvalue weighted by atomic mass is 10.2. The van der Waals surface area contributed by atoms with Gasteiger partial charge in [0.15, 0.2) is 17.2 Å². The molecule has 2 aromatic heterocycles. The standard InChI is InChI=1S/C20H16N6O4/c1-12-2-5-14(6-3-12)26-11-15(23-25-26)18-22-20(30-24-18)19(27)21-13-4-7-16-17(10-13)29-9-8-28-16/h2-7,10-11H,8-9H2,1H3,(H,21,27). The minimum atomic E-state index is -0.545. The summed E-state index contributed by atoms with van der Waals surface area (Å²) in [5.41, 5.74) is 2.90. The molecule has 1 N–H and O–H groups in total. The highest BCUT2D eigenvalue weighted by atomic mass is 16.6. The highest BCUT2D eigenvalue weighted by molar-refractivity contribution is 6.01. The summed E-state index contributed by atoms with van der Waals surface area (Å²) in [6, 6.07) is 12.9. The van der Waals surface area contributed by atoms with Crippen molar-refractivity contribution in [2.45, 2.75) is 6.92 Å². The normalized spacial score (nSPS) is 12.6.